The molecule has 1 aliphatic rings. The van der Waals surface area contributed by atoms with E-state index in [0.717, 1.165) is 32.6 Å². The molecular formula is C13H20N2S. The van der Waals surface area contributed by atoms with Crippen LogP contribution in [0.25, 0.3) is 0 Å². The van der Waals surface area contributed by atoms with E-state index < -0.39 is 0 Å². The van der Waals surface area contributed by atoms with E-state index in [9.17, 15) is 0 Å². The van der Waals surface area contributed by atoms with Crippen molar-refractivity contribution < 1.29 is 0 Å². The lowest BCUT2D eigenvalue weighted by Crippen LogP contribution is -2.43. The molecule has 1 saturated heterocycles. The molecule has 0 amide bonds. The molecule has 16 heavy (non-hydrogen) atoms. The van der Waals surface area contributed by atoms with Crippen molar-refractivity contribution in [1.82, 2.24) is 5.32 Å². The van der Waals surface area contributed by atoms with Crippen molar-refractivity contribution in [3.05, 3.63) is 29.8 Å². The van der Waals surface area contributed by atoms with Gasteiger partial charge in [0.05, 0.1) is 0 Å². The third-order valence-corrected chi connectivity index (χ3v) is 3.13. The standard InChI is InChI=1S/C13H20N2S/c1-11(16)10-12-2-4-13(5-3-12)15-8-6-14-7-9-15/h2-5,11,14,16H,6-10H2,1H3. The SMILES string of the molecule is CC(S)Cc1ccc(N2CCNCC2)cc1. The summed E-state index contributed by atoms with van der Waals surface area (Å²) in [4.78, 5) is 2.43. The van der Waals surface area contributed by atoms with Crippen molar-refractivity contribution in [1.29, 1.82) is 0 Å². The van der Waals surface area contributed by atoms with Crippen molar-refractivity contribution >= 4 is 18.3 Å². The topological polar surface area (TPSA) is 15.3 Å². The summed E-state index contributed by atoms with van der Waals surface area (Å²) in [5.41, 5.74) is 2.72. The summed E-state index contributed by atoms with van der Waals surface area (Å²) >= 11 is 4.42. The highest BCUT2D eigenvalue weighted by atomic mass is 32.1. The number of piperazine rings is 1. The van der Waals surface area contributed by atoms with E-state index >= 15 is 0 Å². The Morgan fingerprint density at radius 3 is 2.44 bits per heavy atom. The molecule has 0 bridgehead atoms. The van der Waals surface area contributed by atoms with Gasteiger partial charge >= 0.3 is 0 Å². The number of hydrogen-bond acceptors (Lipinski definition) is 3. The fourth-order valence-electron chi connectivity index (χ4n) is 2.11. The van der Waals surface area contributed by atoms with Gasteiger partial charge in [-0.25, -0.2) is 0 Å². The molecule has 0 aromatic heterocycles. The van der Waals surface area contributed by atoms with Crippen molar-refractivity contribution in [3.8, 4) is 0 Å². The first-order valence-corrected chi connectivity index (χ1v) is 6.50. The van der Waals surface area contributed by atoms with E-state index in [2.05, 4.69) is 54.0 Å². The molecule has 0 aliphatic carbocycles. The van der Waals surface area contributed by atoms with Gasteiger partial charge in [0.25, 0.3) is 0 Å². The first kappa shape index (κ1) is 11.8. The summed E-state index contributed by atoms with van der Waals surface area (Å²) in [6.07, 6.45) is 1.05. The van der Waals surface area contributed by atoms with E-state index in [1.165, 1.54) is 11.3 Å². The monoisotopic (exact) mass is 236 g/mol. The fraction of sp³-hybridized carbons (Fsp3) is 0.538. The third-order valence-electron chi connectivity index (χ3n) is 2.95. The smallest absolute Gasteiger partial charge is 0.0367 e. The Bertz CT molecular complexity index is 315. The number of anilines is 1. The van der Waals surface area contributed by atoms with E-state index in [0.29, 0.717) is 5.25 Å². The number of nitrogens with one attached hydrogen (secondary N) is 1. The van der Waals surface area contributed by atoms with Gasteiger partial charge in [0.15, 0.2) is 0 Å². The van der Waals surface area contributed by atoms with Gasteiger partial charge < -0.3 is 10.2 Å². The predicted octanol–water partition coefficient (Wildman–Crippen LogP) is 1.96. The average molecular weight is 236 g/mol. The average Bonchev–Trinajstić information content (AvgIpc) is 2.30. The molecule has 1 fully saturated rings. The van der Waals surface area contributed by atoms with Gasteiger partial charge in [-0.2, -0.15) is 12.6 Å². The molecule has 1 N–H and O–H groups in total. The second-order valence-electron chi connectivity index (χ2n) is 4.46. The Morgan fingerprint density at radius 1 is 1.25 bits per heavy atom. The maximum atomic E-state index is 4.42. The van der Waals surface area contributed by atoms with E-state index in [1.54, 1.807) is 0 Å². The maximum Gasteiger partial charge on any atom is 0.0367 e. The van der Waals surface area contributed by atoms with Crippen LogP contribution in [0.1, 0.15) is 12.5 Å². The Labute approximate surface area is 103 Å². The number of nitrogens with zero attached hydrogens (tertiary/aromatic N) is 1. The van der Waals surface area contributed by atoms with E-state index in [4.69, 9.17) is 0 Å². The normalized spacial score (nSPS) is 18.5. The van der Waals surface area contributed by atoms with Crippen molar-refractivity contribution in [2.45, 2.75) is 18.6 Å². The summed E-state index contributed by atoms with van der Waals surface area (Å²) in [6, 6.07) is 8.92. The van der Waals surface area contributed by atoms with Crippen LogP contribution in [0, 0.1) is 0 Å². The molecule has 1 unspecified atom stereocenters. The minimum absolute atomic E-state index is 0.435. The van der Waals surface area contributed by atoms with Crippen LogP contribution in [0.3, 0.4) is 0 Å². The van der Waals surface area contributed by atoms with Crippen LogP contribution in [0.2, 0.25) is 0 Å². The Morgan fingerprint density at radius 2 is 1.88 bits per heavy atom. The highest BCUT2D eigenvalue weighted by Crippen LogP contribution is 2.17. The van der Waals surface area contributed by atoms with Crippen molar-refractivity contribution in [2.75, 3.05) is 31.1 Å². The van der Waals surface area contributed by atoms with Crippen LogP contribution >= 0.6 is 12.6 Å². The van der Waals surface area contributed by atoms with Gasteiger partial charge in [0.2, 0.25) is 0 Å². The highest BCUT2D eigenvalue weighted by Gasteiger charge is 2.09. The largest absolute Gasteiger partial charge is 0.369 e. The van der Waals surface area contributed by atoms with Crippen molar-refractivity contribution in [2.24, 2.45) is 0 Å². The Hall–Kier alpha value is -0.670. The molecular weight excluding hydrogens is 216 g/mol. The molecule has 1 aliphatic heterocycles. The van der Waals surface area contributed by atoms with Gasteiger partial charge in [-0.15, -0.1) is 0 Å². The third kappa shape index (κ3) is 3.16. The second kappa shape index (κ2) is 5.60. The summed E-state index contributed by atoms with van der Waals surface area (Å²) in [5, 5.41) is 3.81. The molecule has 2 rings (SSSR count). The number of benzene rings is 1. The van der Waals surface area contributed by atoms with Crippen molar-refractivity contribution in [3.63, 3.8) is 0 Å². The molecule has 1 atom stereocenters. The van der Waals surface area contributed by atoms with Gasteiger partial charge in [-0.05, 0) is 24.1 Å². The summed E-state index contributed by atoms with van der Waals surface area (Å²) in [6.45, 7) is 6.54. The quantitative estimate of drug-likeness (QED) is 0.780. The molecule has 2 nitrogen and oxygen atoms in total. The van der Waals surface area contributed by atoms with Gasteiger partial charge in [-0.1, -0.05) is 19.1 Å². The zero-order chi connectivity index (χ0) is 11.4. The predicted molar refractivity (Wildman–Crippen MR) is 73.7 cm³/mol. The van der Waals surface area contributed by atoms with Crippen LogP contribution in [0.4, 0.5) is 5.69 Å². The molecule has 1 heterocycles. The number of rotatable bonds is 3. The lowest BCUT2D eigenvalue weighted by molar-refractivity contribution is 0.589. The fourth-order valence-corrected chi connectivity index (χ4v) is 2.32. The van der Waals surface area contributed by atoms with E-state index in [-0.39, 0.29) is 0 Å². The first-order chi connectivity index (χ1) is 7.75. The minimum atomic E-state index is 0.435. The number of hydrogen-bond donors (Lipinski definition) is 2. The molecule has 0 radical (unpaired) electrons. The lowest BCUT2D eigenvalue weighted by atomic mass is 10.1. The van der Waals surface area contributed by atoms with Crippen LogP contribution in [0.15, 0.2) is 24.3 Å². The first-order valence-electron chi connectivity index (χ1n) is 5.98. The molecule has 88 valence electrons. The molecule has 1 aromatic rings. The zero-order valence-corrected chi connectivity index (χ0v) is 10.7. The van der Waals surface area contributed by atoms with Crippen LogP contribution in [0.5, 0.6) is 0 Å². The molecule has 3 heteroatoms. The minimum Gasteiger partial charge on any atom is -0.369 e. The highest BCUT2D eigenvalue weighted by molar-refractivity contribution is 7.80. The summed E-state index contributed by atoms with van der Waals surface area (Å²) < 4.78 is 0. The van der Waals surface area contributed by atoms with Crippen LogP contribution in [-0.2, 0) is 6.42 Å². The maximum absolute atomic E-state index is 4.42. The lowest BCUT2D eigenvalue weighted by Gasteiger charge is -2.29. The van der Waals surface area contributed by atoms with E-state index in [1.807, 2.05) is 0 Å². The second-order valence-corrected chi connectivity index (χ2v) is 5.34. The van der Waals surface area contributed by atoms with Gasteiger partial charge in [0.1, 0.15) is 0 Å². The number of thiol groups is 1. The molecule has 1 aromatic carbocycles. The summed E-state index contributed by atoms with van der Waals surface area (Å²) in [7, 11) is 0. The van der Waals surface area contributed by atoms with Gasteiger partial charge in [0, 0.05) is 37.1 Å². The molecule has 0 saturated carbocycles. The molecule has 0 spiro atoms. The Kier molecular flexibility index (Phi) is 4.13. The van der Waals surface area contributed by atoms with Gasteiger partial charge in [-0.3, -0.25) is 0 Å². The van der Waals surface area contributed by atoms with Crippen LogP contribution < -0.4 is 10.2 Å². The Balaban J connectivity index is 2.00. The summed E-state index contributed by atoms with van der Waals surface area (Å²) in [5.74, 6) is 0. The van der Waals surface area contributed by atoms with Crippen LogP contribution in [-0.4, -0.2) is 31.4 Å². The zero-order valence-electron chi connectivity index (χ0n) is 9.82.